The molecule has 0 aromatic rings. The minimum Gasteiger partial charge on any atom is -0.273 e. The van der Waals surface area contributed by atoms with Crippen LogP contribution in [0.5, 0.6) is 0 Å². The van der Waals surface area contributed by atoms with Crippen molar-refractivity contribution in [1.29, 1.82) is 0 Å². The first-order valence-electron chi connectivity index (χ1n) is 3.47. The molecule has 10 heavy (non-hydrogen) atoms. The average Bonchev–Trinajstić information content (AvgIpc) is 1.88. The maximum absolute atomic E-state index is 3.59. The van der Waals surface area contributed by atoms with Crippen molar-refractivity contribution in [3.63, 3.8) is 0 Å². The van der Waals surface area contributed by atoms with Gasteiger partial charge in [-0.2, -0.15) is 0 Å². The fraction of sp³-hybridized carbons (Fsp3) is 0.444. The third-order valence-corrected chi connectivity index (χ3v) is 1.46. The van der Waals surface area contributed by atoms with E-state index in [-0.39, 0.29) is 0 Å². The molecule has 0 spiro atoms. The van der Waals surface area contributed by atoms with Crippen molar-refractivity contribution in [2.75, 3.05) is 0 Å². The van der Waals surface area contributed by atoms with Gasteiger partial charge in [0, 0.05) is 6.20 Å². The average molecular weight is 137 g/mol. The first-order valence-corrected chi connectivity index (χ1v) is 3.47. The SMILES string of the molecule is C=N/C=C\C=C(/C)C(C)C. The standard InChI is InChI=1S/C9H15N/c1-8(2)9(3)6-5-7-10-4/h5-8H,4H2,1-3H3/b7-5-,9-6+. The summed E-state index contributed by atoms with van der Waals surface area (Å²) in [5.41, 5.74) is 1.36. The zero-order chi connectivity index (χ0) is 7.98. The fourth-order valence-corrected chi connectivity index (χ4v) is 0.448. The lowest BCUT2D eigenvalue weighted by molar-refractivity contribution is 0.769. The van der Waals surface area contributed by atoms with Gasteiger partial charge in [-0.25, -0.2) is 0 Å². The molecule has 0 saturated carbocycles. The third kappa shape index (κ3) is 4.07. The molecule has 0 N–H and O–H groups in total. The van der Waals surface area contributed by atoms with Crippen LogP contribution < -0.4 is 0 Å². The van der Waals surface area contributed by atoms with Gasteiger partial charge in [-0.1, -0.05) is 25.5 Å². The van der Waals surface area contributed by atoms with Gasteiger partial charge in [-0.05, 0) is 25.6 Å². The minimum absolute atomic E-state index is 0.620. The zero-order valence-electron chi connectivity index (χ0n) is 6.96. The molecule has 0 rings (SSSR count). The van der Waals surface area contributed by atoms with Crippen LogP contribution in [-0.2, 0) is 0 Å². The van der Waals surface area contributed by atoms with E-state index in [0.717, 1.165) is 0 Å². The second kappa shape index (κ2) is 4.98. The van der Waals surface area contributed by atoms with Crippen molar-refractivity contribution < 1.29 is 0 Å². The van der Waals surface area contributed by atoms with Gasteiger partial charge >= 0.3 is 0 Å². The Balaban J connectivity index is 3.91. The van der Waals surface area contributed by atoms with E-state index in [9.17, 15) is 0 Å². The largest absolute Gasteiger partial charge is 0.273 e. The summed E-state index contributed by atoms with van der Waals surface area (Å²) in [5.74, 6) is 0.620. The molecule has 0 bridgehead atoms. The Morgan fingerprint density at radius 2 is 2.10 bits per heavy atom. The summed E-state index contributed by atoms with van der Waals surface area (Å²) in [6.45, 7) is 9.78. The molecule has 0 atom stereocenters. The van der Waals surface area contributed by atoms with Crippen LogP contribution in [0.3, 0.4) is 0 Å². The summed E-state index contributed by atoms with van der Waals surface area (Å²) in [6, 6.07) is 0. The van der Waals surface area contributed by atoms with E-state index in [1.165, 1.54) is 5.57 Å². The Kier molecular flexibility index (Phi) is 4.55. The molecule has 0 aromatic heterocycles. The molecule has 0 aromatic carbocycles. The highest BCUT2D eigenvalue weighted by Crippen LogP contribution is 2.06. The molecule has 0 heterocycles. The van der Waals surface area contributed by atoms with E-state index in [4.69, 9.17) is 0 Å². The van der Waals surface area contributed by atoms with Gasteiger partial charge in [0.15, 0.2) is 0 Å². The number of hydrogen-bond acceptors (Lipinski definition) is 1. The molecule has 1 nitrogen and oxygen atoms in total. The van der Waals surface area contributed by atoms with Gasteiger partial charge in [0.05, 0.1) is 0 Å². The van der Waals surface area contributed by atoms with Crippen molar-refractivity contribution in [3.8, 4) is 0 Å². The normalized spacial score (nSPS) is 13.0. The van der Waals surface area contributed by atoms with Crippen molar-refractivity contribution in [2.24, 2.45) is 10.9 Å². The lowest BCUT2D eigenvalue weighted by atomic mass is 10.1. The second-order valence-corrected chi connectivity index (χ2v) is 2.59. The van der Waals surface area contributed by atoms with Gasteiger partial charge < -0.3 is 0 Å². The van der Waals surface area contributed by atoms with E-state index in [0.29, 0.717) is 5.92 Å². The Morgan fingerprint density at radius 3 is 2.50 bits per heavy atom. The van der Waals surface area contributed by atoms with E-state index >= 15 is 0 Å². The molecular weight excluding hydrogens is 122 g/mol. The second-order valence-electron chi connectivity index (χ2n) is 2.59. The van der Waals surface area contributed by atoms with Crippen molar-refractivity contribution in [2.45, 2.75) is 20.8 Å². The molecule has 0 fully saturated rings. The Hall–Kier alpha value is -0.850. The topological polar surface area (TPSA) is 12.4 Å². The number of hydrogen-bond donors (Lipinski definition) is 0. The molecule has 0 radical (unpaired) electrons. The van der Waals surface area contributed by atoms with Crippen LogP contribution in [0.4, 0.5) is 0 Å². The van der Waals surface area contributed by atoms with Crippen LogP contribution in [0, 0.1) is 5.92 Å². The molecule has 0 saturated heterocycles. The lowest BCUT2D eigenvalue weighted by Crippen LogP contribution is -1.86. The summed E-state index contributed by atoms with van der Waals surface area (Å²) in [4.78, 5) is 3.59. The molecule has 56 valence electrons. The van der Waals surface area contributed by atoms with Gasteiger partial charge in [0.2, 0.25) is 0 Å². The lowest BCUT2D eigenvalue weighted by Gasteiger charge is -2.01. The van der Waals surface area contributed by atoms with Crippen molar-refractivity contribution in [1.82, 2.24) is 0 Å². The quantitative estimate of drug-likeness (QED) is 0.419. The van der Waals surface area contributed by atoms with Gasteiger partial charge in [0.1, 0.15) is 0 Å². The first kappa shape index (κ1) is 9.15. The van der Waals surface area contributed by atoms with Crippen molar-refractivity contribution >= 4 is 6.72 Å². The number of rotatable bonds is 3. The summed E-state index contributed by atoms with van der Waals surface area (Å²) >= 11 is 0. The predicted molar refractivity (Wildman–Crippen MR) is 47.3 cm³/mol. The summed E-state index contributed by atoms with van der Waals surface area (Å²) in [6.07, 6.45) is 5.65. The molecule has 0 unspecified atom stereocenters. The molecule has 0 aliphatic carbocycles. The predicted octanol–water partition coefficient (Wildman–Crippen LogP) is 2.80. The van der Waals surface area contributed by atoms with Gasteiger partial charge in [0.25, 0.3) is 0 Å². The first-order chi connectivity index (χ1) is 4.68. The van der Waals surface area contributed by atoms with Crippen LogP contribution in [0.1, 0.15) is 20.8 Å². The van der Waals surface area contributed by atoms with E-state index in [1.807, 2.05) is 6.08 Å². The maximum atomic E-state index is 3.59. The number of allylic oxidation sites excluding steroid dienone is 3. The highest BCUT2D eigenvalue weighted by Gasteiger charge is 1.91. The van der Waals surface area contributed by atoms with E-state index in [2.05, 4.69) is 38.6 Å². The fourth-order valence-electron chi connectivity index (χ4n) is 0.448. The van der Waals surface area contributed by atoms with Crippen LogP contribution in [0.2, 0.25) is 0 Å². The number of aliphatic imine (C=N–C) groups is 1. The summed E-state index contributed by atoms with van der Waals surface area (Å²) in [5, 5.41) is 0. The maximum Gasteiger partial charge on any atom is 0.0260 e. The molecule has 1 heteroatoms. The smallest absolute Gasteiger partial charge is 0.0260 e. The zero-order valence-corrected chi connectivity index (χ0v) is 6.96. The molecule has 0 aliphatic heterocycles. The van der Waals surface area contributed by atoms with Crippen molar-refractivity contribution in [3.05, 3.63) is 23.9 Å². The van der Waals surface area contributed by atoms with Crippen LogP contribution in [-0.4, -0.2) is 6.72 Å². The van der Waals surface area contributed by atoms with E-state index < -0.39 is 0 Å². The van der Waals surface area contributed by atoms with Gasteiger partial charge in [-0.3, -0.25) is 4.99 Å². The Labute approximate surface area is 63.2 Å². The highest BCUT2D eigenvalue weighted by atomic mass is 14.6. The van der Waals surface area contributed by atoms with E-state index in [1.54, 1.807) is 6.20 Å². The van der Waals surface area contributed by atoms with Gasteiger partial charge in [-0.15, -0.1) is 0 Å². The molecule has 0 aliphatic rings. The minimum atomic E-state index is 0.620. The highest BCUT2D eigenvalue weighted by molar-refractivity contribution is 5.26. The Bertz CT molecular complexity index is 152. The third-order valence-electron chi connectivity index (χ3n) is 1.46. The number of nitrogens with zero attached hydrogens (tertiary/aromatic N) is 1. The van der Waals surface area contributed by atoms with Crippen LogP contribution in [0.25, 0.3) is 0 Å². The summed E-state index contributed by atoms with van der Waals surface area (Å²) < 4.78 is 0. The summed E-state index contributed by atoms with van der Waals surface area (Å²) in [7, 11) is 0. The van der Waals surface area contributed by atoms with Crippen LogP contribution in [0.15, 0.2) is 28.9 Å². The molecule has 0 amide bonds. The van der Waals surface area contributed by atoms with Crippen LogP contribution >= 0.6 is 0 Å². The molecular formula is C9H15N. The Morgan fingerprint density at radius 1 is 1.50 bits per heavy atom. The monoisotopic (exact) mass is 137 g/mol.